The van der Waals surface area contributed by atoms with E-state index >= 15 is 0 Å². The maximum absolute atomic E-state index is 10.9. The van der Waals surface area contributed by atoms with Gasteiger partial charge in [0.15, 0.2) is 5.76 Å². The molecule has 22 heavy (non-hydrogen) atoms. The summed E-state index contributed by atoms with van der Waals surface area (Å²) in [6.07, 6.45) is 0. The van der Waals surface area contributed by atoms with E-state index in [9.17, 15) is 4.79 Å². The minimum atomic E-state index is -0.866. The van der Waals surface area contributed by atoms with Gasteiger partial charge in [-0.15, -0.1) is 0 Å². The van der Waals surface area contributed by atoms with E-state index < -0.39 is 5.97 Å². The number of benzene rings is 1. The molecule has 0 amide bonds. The average molecular weight is 323 g/mol. The van der Waals surface area contributed by atoms with Crippen LogP contribution in [0.4, 0.5) is 0 Å². The van der Waals surface area contributed by atoms with Gasteiger partial charge in [-0.2, -0.15) is 0 Å². The number of carbonyl (C=O) groups is 1. The van der Waals surface area contributed by atoms with E-state index in [4.69, 9.17) is 21.1 Å². The van der Waals surface area contributed by atoms with Gasteiger partial charge in [0.25, 0.3) is 0 Å². The van der Waals surface area contributed by atoms with Crippen LogP contribution in [-0.2, 0) is 11.3 Å². The van der Waals surface area contributed by atoms with Crippen molar-refractivity contribution in [2.45, 2.75) is 33.4 Å². The number of halogens is 1. The Bertz CT molecular complexity index is 650. The van der Waals surface area contributed by atoms with Crippen LogP contribution in [0.15, 0.2) is 28.7 Å². The van der Waals surface area contributed by atoms with Crippen molar-refractivity contribution >= 4 is 17.6 Å². The van der Waals surface area contributed by atoms with Crippen LogP contribution < -0.4 is 0 Å². The number of oxazole rings is 1. The molecule has 0 atom stereocenters. The monoisotopic (exact) mass is 322 g/mol. The second-order valence-corrected chi connectivity index (χ2v) is 5.86. The van der Waals surface area contributed by atoms with Crippen molar-refractivity contribution in [2.75, 3.05) is 6.54 Å². The Balaban J connectivity index is 2.21. The van der Waals surface area contributed by atoms with Gasteiger partial charge in [0, 0.05) is 16.6 Å². The van der Waals surface area contributed by atoms with Crippen LogP contribution in [0, 0.1) is 6.92 Å². The summed E-state index contributed by atoms with van der Waals surface area (Å²) >= 11 is 5.89. The molecule has 0 unspecified atom stereocenters. The first-order valence-corrected chi connectivity index (χ1v) is 7.42. The van der Waals surface area contributed by atoms with Gasteiger partial charge in [-0.1, -0.05) is 11.6 Å². The quantitative estimate of drug-likeness (QED) is 0.880. The van der Waals surface area contributed by atoms with Crippen LogP contribution in [0.1, 0.15) is 25.4 Å². The Morgan fingerprint density at radius 2 is 2.00 bits per heavy atom. The molecule has 0 radical (unpaired) electrons. The number of carboxylic acids is 1. The van der Waals surface area contributed by atoms with Crippen LogP contribution in [0.2, 0.25) is 5.02 Å². The van der Waals surface area contributed by atoms with E-state index in [0.29, 0.717) is 23.2 Å². The molecule has 1 aromatic carbocycles. The number of aliphatic carboxylic acids is 1. The Morgan fingerprint density at radius 1 is 1.36 bits per heavy atom. The summed E-state index contributed by atoms with van der Waals surface area (Å²) in [5, 5.41) is 9.63. The first-order valence-electron chi connectivity index (χ1n) is 7.05. The molecule has 0 aliphatic heterocycles. The first kappa shape index (κ1) is 16.5. The molecule has 0 fully saturated rings. The van der Waals surface area contributed by atoms with Crippen molar-refractivity contribution in [1.82, 2.24) is 9.88 Å². The molecule has 5 nitrogen and oxygen atoms in total. The molecule has 2 aromatic rings. The predicted octanol–water partition coefficient (Wildman–Crippen LogP) is 3.60. The van der Waals surface area contributed by atoms with Crippen LogP contribution in [-0.4, -0.2) is 33.5 Å². The van der Waals surface area contributed by atoms with Gasteiger partial charge in [-0.3, -0.25) is 9.69 Å². The summed E-state index contributed by atoms with van der Waals surface area (Å²) in [6, 6.07) is 7.42. The first-order chi connectivity index (χ1) is 10.4. The lowest BCUT2D eigenvalue weighted by Gasteiger charge is -2.22. The van der Waals surface area contributed by atoms with Crippen LogP contribution in [0.5, 0.6) is 0 Å². The Morgan fingerprint density at radius 3 is 2.55 bits per heavy atom. The van der Waals surface area contributed by atoms with Gasteiger partial charge in [0.2, 0.25) is 5.89 Å². The van der Waals surface area contributed by atoms with Crippen LogP contribution in [0.3, 0.4) is 0 Å². The predicted molar refractivity (Wildman–Crippen MR) is 84.9 cm³/mol. The van der Waals surface area contributed by atoms with Gasteiger partial charge in [-0.25, -0.2) is 4.98 Å². The van der Waals surface area contributed by atoms with Crippen molar-refractivity contribution in [3.05, 3.63) is 40.9 Å². The Labute approximate surface area is 134 Å². The van der Waals surface area contributed by atoms with E-state index in [1.165, 1.54) is 0 Å². The molecule has 0 bridgehead atoms. The molecule has 0 aliphatic carbocycles. The van der Waals surface area contributed by atoms with Crippen molar-refractivity contribution < 1.29 is 14.3 Å². The zero-order valence-electron chi connectivity index (χ0n) is 12.8. The second-order valence-electron chi connectivity index (χ2n) is 5.42. The molecule has 1 heterocycles. The molecule has 0 saturated carbocycles. The van der Waals surface area contributed by atoms with Gasteiger partial charge in [-0.05, 0) is 45.0 Å². The maximum Gasteiger partial charge on any atom is 0.317 e. The maximum atomic E-state index is 10.9. The van der Waals surface area contributed by atoms with Gasteiger partial charge in [0.05, 0.1) is 18.8 Å². The second kappa shape index (κ2) is 6.94. The highest BCUT2D eigenvalue weighted by Crippen LogP contribution is 2.26. The van der Waals surface area contributed by atoms with E-state index in [2.05, 4.69) is 4.98 Å². The average Bonchev–Trinajstić information content (AvgIpc) is 2.79. The molecule has 118 valence electrons. The molecule has 0 spiro atoms. The number of aryl methyl sites for hydroxylation is 1. The fourth-order valence-corrected chi connectivity index (χ4v) is 2.28. The number of rotatable bonds is 6. The lowest BCUT2D eigenvalue weighted by Crippen LogP contribution is -2.35. The molecule has 1 aromatic heterocycles. The summed E-state index contributed by atoms with van der Waals surface area (Å²) < 4.78 is 5.81. The highest BCUT2D eigenvalue weighted by Gasteiger charge is 2.18. The fourth-order valence-electron chi connectivity index (χ4n) is 2.16. The summed E-state index contributed by atoms with van der Waals surface area (Å²) in [5.41, 5.74) is 1.67. The van der Waals surface area contributed by atoms with E-state index in [0.717, 1.165) is 11.3 Å². The number of hydrogen-bond donors (Lipinski definition) is 1. The van der Waals surface area contributed by atoms with E-state index in [1.807, 2.05) is 32.9 Å². The Kier molecular flexibility index (Phi) is 5.21. The molecule has 1 N–H and O–H groups in total. The summed E-state index contributed by atoms with van der Waals surface area (Å²) in [4.78, 5) is 17.1. The Hall–Kier alpha value is -1.85. The minimum Gasteiger partial charge on any atom is -0.480 e. The SMILES string of the molecule is Cc1nc(CN(CC(=O)O)C(C)C)oc1-c1ccc(Cl)cc1. The molecular formula is C16H19ClN2O3. The molecule has 0 aliphatic rings. The number of carboxylic acid groups (broad SMARTS) is 1. The highest BCUT2D eigenvalue weighted by molar-refractivity contribution is 6.30. The highest BCUT2D eigenvalue weighted by atomic mass is 35.5. The molecule has 6 heteroatoms. The molecule has 0 saturated heterocycles. The lowest BCUT2D eigenvalue weighted by molar-refractivity contribution is -0.139. The van der Waals surface area contributed by atoms with Gasteiger partial charge >= 0.3 is 5.97 Å². The topological polar surface area (TPSA) is 66.6 Å². The smallest absolute Gasteiger partial charge is 0.317 e. The zero-order chi connectivity index (χ0) is 16.3. The third-order valence-electron chi connectivity index (χ3n) is 3.35. The normalized spacial score (nSPS) is 11.4. The molecular weight excluding hydrogens is 304 g/mol. The zero-order valence-corrected chi connectivity index (χ0v) is 13.6. The standard InChI is InChI=1S/C16H19ClN2O3/c1-10(2)19(9-15(20)21)8-14-18-11(3)16(22-14)12-4-6-13(17)7-5-12/h4-7,10H,8-9H2,1-3H3,(H,20,21). The minimum absolute atomic E-state index is 0.0463. The van der Waals surface area contributed by atoms with Crippen molar-refractivity contribution in [1.29, 1.82) is 0 Å². The van der Waals surface area contributed by atoms with E-state index in [1.54, 1.807) is 17.0 Å². The third kappa shape index (κ3) is 4.08. The van der Waals surface area contributed by atoms with Gasteiger partial charge < -0.3 is 9.52 Å². The van der Waals surface area contributed by atoms with Crippen molar-refractivity contribution in [3.8, 4) is 11.3 Å². The number of aromatic nitrogens is 1. The lowest BCUT2D eigenvalue weighted by atomic mass is 10.1. The number of hydrogen-bond acceptors (Lipinski definition) is 4. The number of nitrogens with zero attached hydrogens (tertiary/aromatic N) is 2. The van der Waals surface area contributed by atoms with Crippen molar-refractivity contribution in [2.24, 2.45) is 0 Å². The third-order valence-corrected chi connectivity index (χ3v) is 3.61. The van der Waals surface area contributed by atoms with Crippen LogP contribution in [0.25, 0.3) is 11.3 Å². The van der Waals surface area contributed by atoms with Gasteiger partial charge in [0.1, 0.15) is 0 Å². The fraction of sp³-hybridized carbons (Fsp3) is 0.375. The largest absolute Gasteiger partial charge is 0.480 e. The summed E-state index contributed by atoms with van der Waals surface area (Å²) in [6.45, 7) is 6.07. The molecule has 2 rings (SSSR count). The summed E-state index contributed by atoms with van der Waals surface area (Å²) in [7, 11) is 0. The van der Waals surface area contributed by atoms with Crippen LogP contribution >= 0.6 is 11.6 Å². The van der Waals surface area contributed by atoms with E-state index in [-0.39, 0.29) is 12.6 Å². The van der Waals surface area contributed by atoms with Crippen molar-refractivity contribution in [3.63, 3.8) is 0 Å². The summed E-state index contributed by atoms with van der Waals surface area (Å²) in [5.74, 6) is 0.331.